The lowest BCUT2D eigenvalue weighted by molar-refractivity contribution is -0.164. The van der Waals surface area contributed by atoms with Crippen LogP contribution >= 0.6 is 0 Å². The summed E-state index contributed by atoms with van der Waals surface area (Å²) in [5, 5.41) is 15.7. The van der Waals surface area contributed by atoms with Gasteiger partial charge >= 0.3 is 12.4 Å². The number of halogens is 8. The number of benzene rings is 2. The highest BCUT2D eigenvalue weighted by atomic mass is 19.4. The van der Waals surface area contributed by atoms with Gasteiger partial charge in [0.1, 0.15) is 24.2 Å². The van der Waals surface area contributed by atoms with Crippen molar-refractivity contribution in [1.29, 1.82) is 0 Å². The second-order valence-corrected chi connectivity index (χ2v) is 13.2. The van der Waals surface area contributed by atoms with Crippen LogP contribution in [-0.4, -0.2) is 100.0 Å². The highest BCUT2D eigenvalue weighted by Gasteiger charge is 2.52. The SMILES string of the molecule is CN(CCOc1ccc(CN2C(=O)C(C(=O)Nc3ccc(C(F)(F)F)cc3-c3cc(C(F)(F)F)ncn3)=CC3(CCCC3O)N2C)c(F)c1F)C1COC1. The van der Waals surface area contributed by atoms with Crippen LogP contribution in [0.3, 0.4) is 0 Å². The van der Waals surface area contributed by atoms with E-state index in [1.165, 1.54) is 30.3 Å². The molecule has 3 aromatic rings. The molecule has 2 atom stereocenters. The predicted octanol–water partition coefficient (Wildman–Crippen LogP) is 5.21. The van der Waals surface area contributed by atoms with Gasteiger partial charge < -0.3 is 19.9 Å². The summed E-state index contributed by atoms with van der Waals surface area (Å²) in [6.45, 7) is 0.947. The summed E-state index contributed by atoms with van der Waals surface area (Å²) in [4.78, 5) is 36.6. The number of hydrogen-bond donors (Lipinski definition) is 2. The van der Waals surface area contributed by atoms with E-state index in [0.29, 0.717) is 50.7 Å². The van der Waals surface area contributed by atoms with E-state index in [1.54, 1.807) is 0 Å². The highest BCUT2D eigenvalue weighted by molar-refractivity contribution is 6.23. The number of carbonyl (C=O) groups is 2. The molecule has 1 aliphatic carbocycles. The highest BCUT2D eigenvalue weighted by Crippen LogP contribution is 2.42. The van der Waals surface area contributed by atoms with E-state index in [2.05, 4.69) is 15.3 Å². The lowest BCUT2D eigenvalue weighted by atomic mass is 9.88. The standard InChI is InChI=1S/C35H34F8N6O5/c1-47(21-16-53-17-21)10-11-54-26-8-5-19(29(36)30(26)37)15-49-32(52)23(14-33(48(49)2)9-3-4-28(33)50)31(51)46-24-7-6-20(34(38,39)40)12-22(24)25-13-27(35(41,42)43)45-18-44-25/h5-8,12-14,18,21,28,50H,3-4,9-11,15-17H2,1-2H3,(H,46,51). The Morgan fingerprint density at radius 3 is 2.44 bits per heavy atom. The minimum atomic E-state index is -4.98. The van der Waals surface area contributed by atoms with Crippen molar-refractivity contribution in [3.05, 3.63) is 82.8 Å². The molecular weight excluding hydrogens is 736 g/mol. The van der Waals surface area contributed by atoms with E-state index in [-0.39, 0.29) is 36.8 Å². The number of hydrazine groups is 1. The Morgan fingerprint density at radius 1 is 1.07 bits per heavy atom. The van der Waals surface area contributed by atoms with Crippen LogP contribution in [0.5, 0.6) is 5.75 Å². The molecule has 0 bridgehead atoms. The van der Waals surface area contributed by atoms with Crippen LogP contribution in [0.1, 0.15) is 36.1 Å². The minimum Gasteiger partial charge on any atom is -0.489 e. The van der Waals surface area contributed by atoms with Crippen molar-refractivity contribution in [2.24, 2.45) is 0 Å². The third kappa shape index (κ3) is 7.62. The van der Waals surface area contributed by atoms with Gasteiger partial charge in [0.05, 0.1) is 54.4 Å². The van der Waals surface area contributed by atoms with Gasteiger partial charge in [-0.05, 0) is 62.7 Å². The van der Waals surface area contributed by atoms with Crippen LogP contribution in [-0.2, 0) is 33.2 Å². The number of carbonyl (C=O) groups excluding carboxylic acids is 2. The van der Waals surface area contributed by atoms with Gasteiger partial charge in [0, 0.05) is 24.7 Å². The molecule has 0 radical (unpaired) electrons. The number of aromatic nitrogens is 2. The van der Waals surface area contributed by atoms with Gasteiger partial charge in [0.25, 0.3) is 11.8 Å². The quantitative estimate of drug-likeness (QED) is 0.212. The largest absolute Gasteiger partial charge is 0.489 e. The fraction of sp³-hybridized carbons (Fsp3) is 0.429. The molecular formula is C35H34F8N6O5. The zero-order valence-corrected chi connectivity index (χ0v) is 28.8. The number of amides is 2. The zero-order chi connectivity index (χ0) is 39.2. The number of nitrogens with one attached hydrogen (secondary N) is 1. The van der Waals surface area contributed by atoms with Gasteiger partial charge in [-0.1, -0.05) is 6.07 Å². The van der Waals surface area contributed by atoms with Crippen LogP contribution < -0.4 is 10.1 Å². The second kappa shape index (κ2) is 14.8. The number of anilines is 1. The molecule has 19 heteroatoms. The zero-order valence-electron chi connectivity index (χ0n) is 28.8. The smallest absolute Gasteiger partial charge is 0.433 e. The van der Waals surface area contributed by atoms with Crippen LogP contribution in [0.4, 0.5) is 40.8 Å². The summed E-state index contributed by atoms with van der Waals surface area (Å²) in [6, 6.07) is 4.87. The van der Waals surface area contributed by atoms with Crippen LogP contribution in [0, 0.1) is 11.6 Å². The summed E-state index contributed by atoms with van der Waals surface area (Å²) in [7, 11) is 3.27. The monoisotopic (exact) mass is 770 g/mol. The van der Waals surface area contributed by atoms with Crippen molar-refractivity contribution in [3.63, 3.8) is 0 Å². The molecule has 3 heterocycles. The van der Waals surface area contributed by atoms with Crippen LogP contribution in [0.25, 0.3) is 11.3 Å². The predicted molar refractivity (Wildman–Crippen MR) is 174 cm³/mol. The normalized spacial score (nSPS) is 21.1. The number of ether oxygens (including phenoxy) is 2. The molecule has 54 heavy (non-hydrogen) atoms. The van der Waals surface area contributed by atoms with E-state index in [9.17, 15) is 41.0 Å². The summed E-state index contributed by atoms with van der Waals surface area (Å²) >= 11 is 0. The number of hydrogen-bond acceptors (Lipinski definition) is 9. The lowest BCUT2D eigenvalue weighted by Gasteiger charge is -2.48. The molecule has 6 rings (SSSR count). The number of rotatable bonds is 10. The average Bonchev–Trinajstić information content (AvgIpc) is 3.46. The van der Waals surface area contributed by atoms with Crippen molar-refractivity contribution >= 4 is 17.5 Å². The molecule has 1 aromatic heterocycles. The van der Waals surface area contributed by atoms with Gasteiger partial charge in [0.2, 0.25) is 5.82 Å². The van der Waals surface area contributed by atoms with Gasteiger partial charge in [0.15, 0.2) is 11.6 Å². The van der Waals surface area contributed by atoms with E-state index >= 15 is 8.78 Å². The molecule has 1 saturated heterocycles. The molecule has 2 fully saturated rings. The molecule has 290 valence electrons. The molecule has 1 spiro atoms. The molecule has 2 aromatic carbocycles. The first-order chi connectivity index (χ1) is 25.4. The maximum atomic E-state index is 15.5. The van der Waals surface area contributed by atoms with E-state index in [0.717, 1.165) is 11.1 Å². The van der Waals surface area contributed by atoms with Crippen molar-refractivity contribution < 1.29 is 59.3 Å². The first-order valence-electron chi connectivity index (χ1n) is 16.7. The molecule has 11 nitrogen and oxygen atoms in total. The fourth-order valence-corrected chi connectivity index (χ4v) is 6.60. The number of aliphatic hydroxyl groups is 1. The van der Waals surface area contributed by atoms with Crippen molar-refractivity contribution in [2.45, 2.75) is 55.8 Å². The molecule has 3 aliphatic rings. The Kier molecular flexibility index (Phi) is 10.7. The van der Waals surface area contributed by atoms with Gasteiger partial charge in [-0.25, -0.2) is 19.4 Å². The summed E-state index contributed by atoms with van der Waals surface area (Å²) in [5.74, 6) is -5.25. The van der Waals surface area contributed by atoms with Gasteiger partial charge in [-0.2, -0.15) is 30.7 Å². The van der Waals surface area contributed by atoms with Crippen molar-refractivity contribution in [2.75, 3.05) is 45.8 Å². The summed E-state index contributed by atoms with van der Waals surface area (Å²) in [6.07, 6.45) is -8.46. The Morgan fingerprint density at radius 2 is 1.81 bits per heavy atom. The van der Waals surface area contributed by atoms with Crippen molar-refractivity contribution in [3.8, 4) is 17.0 Å². The van der Waals surface area contributed by atoms with Gasteiger partial charge in [-0.15, -0.1) is 0 Å². The summed E-state index contributed by atoms with van der Waals surface area (Å²) in [5.41, 5.74) is -6.65. The van der Waals surface area contributed by atoms with Gasteiger partial charge in [-0.3, -0.25) is 19.5 Å². The fourth-order valence-electron chi connectivity index (χ4n) is 6.60. The third-order valence-corrected chi connectivity index (χ3v) is 9.92. The van der Waals surface area contributed by atoms with E-state index in [1.807, 2.05) is 11.9 Å². The Bertz CT molecular complexity index is 1960. The maximum Gasteiger partial charge on any atom is 0.433 e. The molecule has 2 N–H and O–H groups in total. The van der Waals surface area contributed by atoms with Crippen LogP contribution in [0.2, 0.25) is 0 Å². The summed E-state index contributed by atoms with van der Waals surface area (Å²) < 4.78 is 123. The second-order valence-electron chi connectivity index (χ2n) is 13.2. The first-order valence-corrected chi connectivity index (χ1v) is 16.7. The third-order valence-electron chi connectivity index (χ3n) is 9.92. The molecule has 1 saturated carbocycles. The topological polar surface area (TPSA) is 120 Å². The van der Waals surface area contributed by atoms with E-state index in [4.69, 9.17) is 9.47 Å². The lowest BCUT2D eigenvalue weighted by Crippen LogP contribution is -2.63. The molecule has 2 unspecified atom stereocenters. The number of likely N-dealkylation sites (N-methyl/N-ethyl adjacent to an activating group) is 2. The minimum absolute atomic E-state index is 0.0427. The number of nitrogens with zero attached hydrogens (tertiary/aromatic N) is 5. The molecule has 2 aliphatic heterocycles. The van der Waals surface area contributed by atoms with Crippen LogP contribution in [0.15, 0.2) is 54.4 Å². The number of aliphatic hydroxyl groups excluding tert-OH is 1. The van der Waals surface area contributed by atoms with Crippen molar-refractivity contribution in [1.82, 2.24) is 24.9 Å². The Balaban J connectivity index is 1.29. The maximum absolute atomic E-state index is 15.5. The average molecular weight is 771 g/mol. The Hall–Kier alpha value is -4.72. The first kappa shape index (κ1) is 39.0. The van der Waals surface area contributed by atoms with E-state index < -0.39 is 87.8 Å². The Labute approximate surface area is 303 Å². The number of alkyl halides is 6. The molecule has 2 amide bonds.